The number of ether oxygens (including phenoxy) is 1. The highest BCUT2D eigenvalue weighted by Crippen LogP contribution is 2.39. The van der Waals surface area contributed by atoms with Gasteiger partial charge in [0.25, 0.3) is 0 Å². The fourth-order valence-electron chi connectivity index (χ4n) is 1.91. The van der Waals surface area contributed by atoms with Crippen molar-refractivity contribution in [2.45, 2.75) is 32.6 Å². The zero-order chi connectivity index (χ0) is 9.57. The lowest BCUT2D eigenvalue weighted by atomic mass is 9.90. The Morgan fingerprint density at radius 3 is 2.62 bits per heavy atom. The standard InChI is InChI=1S/C11H20OS/c1-2-3-8-12-9-11(10-13)6-4-5-7-11/h2-3,13H,4-10H2,1H3. The molecule has 2 heteroatoms. The fourth-order valence-corrected chi connectivity index (χ4v) is 2.32. The highest BCUT2D eigenvalue weighted by molar-refractivity contribution is 7.80. The van der Waals surface area contributed by atoms with Crippen LogP contribution in [0.25, 0.3) is 0 Å². The van der Waals surface area contributed by atoms with Gasteiger partial charge in [-0.2, -0.15) is 12.6 Å². The van der Waals surface area contributed by atoms with Gasteiger partial charge in [-0.3, -0.25) is 0 Å². The van der Waals surface area contributed by atoms with Crippen LogP contribution in [-0.2, 0) is 4.74 Å². The summed E-state index contributed by atoms with van der Waals surface area (Å²) >= 11 is 4.43. The molecule has 1 rings (SSSR count). The van der Waals surface area contributed by atoms with Gasteiger partial charge in [-0.1, -0.05) is 25.0 Å². The zero-order valence-electron chi connectivity index (χ0n) is 8.46. The Hall–Kier alpha value is 0.0500. The van der Waals surface area contributed by atoms with Crippen molar-refractivity contribution in [2.75, 3.05) is 19.0 Å². The third kappa shape index (κ3) is 3.35. The second-order valence-electron chi connectivity index (χ2n) is 3.95. The predicted octanol–water partition coefficient (Wildman–Crippen LogP) is 3.07. The highest BCUT2D eigenvalue weighted by atomic mass is 32.1. The highest BCUT2D eigenvalue weighted by Gasteiger charge is 2.32. The average molecular weight is 200 g/mol. The first-order valence-electron chi connectivity index (χ1n) is 5.13. The quantitative estimate of drug-likeness (QED) is 0.408. The van der Waals surface area contributed by atoms with Crippen LogP contribution in [0.1, 0.15) is 32.6 Å². The summed E-state index contributed by atoms with van der Waals surface area (Å²) in [6, 6.07) is 0. The Kier molecular flexibility index (Phi) is 4.89. The van der Waals surface area contributed by atoms with E-state index in [1.54, 1.807) is 0 Å². The van der Waals surface area contributed by atoms with E-state index in [4.69, 9.17) is 4.74 Å². The topological polar surface area (TPSA) is 9.23 Å². The molecule has 0 aliphatic heterocycles. The van der Waals surface area contributed by atoms with Gasteiger partial charge in [-0.25, -0.2) is 0 Å². The van der Waals surface area contributed by atoms with E-state index in [1.807, 2.05) is 13.0 Å². The predicted molar refractivity (Wildman–Crippen MR) is 60.4 cm³/mol. The first kappa shape index (κ1) is 11.1. The molecule has 0 heterocycles. The SMILES string of the molecule is CC=CCOCC1(CS)CCCC1. The lowest BCUT2D eigenvalue weighted by Gasteiger charge is -2.26. The molecular weight excluding hydrogens is 180 g/mol. The van der Waals surface area contributed by atoms with Gasteiger partial charge in [0.15, 0.2) is 0 Å². The summed E-state index contributed by atoms with van der Waals surface area (Å²) in [6.07, 6.45) is 9.39. The molecule has 0 aromatic carbocycles. The van der Waals surface area contributed by atoms with Gasteiger partial charge < -0.3 is 4.74 Å². The monoisotopic (exact) mass is 200 g/mol. The Balaban J connectivity index is 2.23. The Bertz CT molecular complexity index is 159. The van der Waals surface area contributed by atoms with Crippen LogP contribution in [0, 0.1) is 5.41 Å². The minimum Gasteiger partial charge on any atom is -0.377 e. The minimum absolute atomic E-state index is 0.394. The van der Waals surface area contributed by atoms with Crippen LogP contribution < -0.4 is 0 Å². The van der Waals surface area contributed by atoms with Gasteiger partial charge in [-0.15, -0.1) is 0 Å². The molecule has 1 aliphatic rings. The van der Waals surface area contributed by atoms with Crippen LogP contribution in [0.3, 0.4) is 0 Å². The molecule has 0 aromatic rings. The van der Waals surface area contributed by atoms with Crippen molar-refractivity contribution in [1.82, 2.24) is 0 Å². The number of thiol groups is 1. The van der Waals surface area contributed by atoms with E-state index in [9.17, 15) is 0 Å². The van der Waals surface area contributed by atoms with Crippen LogP contribution in [0.2, 0.25) is 0 Å². The molecule has 0 N–H and O–H groups in total. The number of hydrogen-bond acceptors (Lipinski definition) is 2. The smallest absolute Gasteiger partial charge is 0.0647 e. The normalized spacial score (nSPS) is 21.4. The summed E-state index contributed by atoms with van der Waals surface area (Å²) in [5.41, 5.74) is 0.394. The van der Waals surface area contributed by atoms with E-state index in [0.29, 0.717) is 5.41 Å². The lowest BCUT2D eigenvalue weighted by Crippen LogP contribution is -2.25. The summed E-state index contributed by atoms with van der Waals surface area (Å²) in [6.45, 7) is 3.67. The summed E-state index contributed by atoms with van der Waals surface area (Å²) in [5, 5.41) is 0. The maximum atomic E-state index is 5.62. The number of allylic oxidation sites excluding steroid dienone is 1. The van der Waals surface area contributed by atoms with Crippen LogP contribution in [0.4, 0.5) is 0 Å². The van der Waals surface area contributed by atoms with E-state index in [1.165, 1.54) is 25.7 Å². The van der Waals surface area contributed by atoms with Gasteiger partial charge in [0.05, 0.1) is 13.2 Å². The van der Waals surface area contributed by atoms with Crippen molar-refractivity contribution < 1.29 is 4.74 Å². The summed E-state index contributed by atoms with van der Waals surface area (Å²) in [4.78, 5) is 0. The largest absolute Gasteiger partial charge is 0.377 e. The molecule has 1 saturated carbocycles. The van der Waals surface area contributed by atoms with Crippen molar-refractivity contribution in [3.63, 3.8) is 0 Å². The molecule has 1 aliphatic carbocycles. The molecule has 0 amide bonds. The van der Waals surface area contributed by atoms with E-state index in [2.05, 4.69) is 18.7 Å². The van der Waals surface area contributed by atoms with Gasteiger partial charge in [0.2, 0.25) is 0 Å². The third-order valence-electron chi connectivity index (χ3n) is 2.86. The first-order chi connectivity index (χ1) is 6.33. The Morgan fingerprint density at radius 1 is 1.38 bits per heavy atom. The molecule has 1 fully saturated rings. The maximum Gasteiger partial charge on any atom is 0.0647 e. The summed E-state index contributed by atoms with van der Waals surface area (Å²) < 4.78 is 5.62. The fraction of sp³-hybridized carbons (Fsp3) is 0.818. The lowest BCUT2D eigenvalue weighted by molar-refractivity contribution is 0.0769. The molecule has 0 aromatic heterocycles. The van der Waals surface area contributed by atoms with Crippen LogP contribution in [0.15, 0.2) is 12.2 Å². The maximum absolute atomic E-state index is 5.62. The minimum atomic E-state index is 0.394. The second kappa shape index (κ2) is 5.71. The van der Waals surface area contributed by atoms with Gasteiger partial charge >= 0.3 is 0 Å². The Morgan fingerprint density at radius 2 is 2.08 bits per heavy atom. The number of rotatable bonds is 5. The molecule has 13 heavy (non-hydrogen) atoms. The number of hydrogen-bond donors (Lipinski definition) is 1. The molecule has 0 saturated heterocycles. The molecular formula is C11H20OS. The van der Waals surface area contributed by atoms with Crippen LogP contribution in [-0.4, -0.2) is 19.0 Å². The summed E-state index contributed by atoms with van der Waals surface area (Å²) in [5.74, 6) is 0.975. The zero-order valence-corrected chi connectivity index (χ0v) is 9.35. The van der Waals surface area contributed by atoms with E-state index < -0.39 is 0 Å². The van der Waals surface area contributed by atoms with Crippen molar-refractivity contribution in [3.8, 4) is 0 Å². The van der Waals surface area contributed by atoms with Crippen molar-refractivity contribution in [2.24, 2.45) is 5.41 Å². The van der Waals surface area contributed by atoms with Crippen LogP contribution >= 0.6 is 12.6 Å². The second-order valence-corrected chi connectivity index (χ2v) is 4.27. The molecule has 0 unspecified atom stereocenters. The van der Waals surface area contributed by atoms with E-state index in [0.717, 1.165) is 19.0 Å². The van der Waals surface area contributed by atoms with Gasteiger partial charge in [0, 0.05) is 5.41 Å². The van der Waals surface area contributed by atoms with Crippen LogP contribution in [0.5, 0.6) is 0 Å². The van der Waals surface area contributed by atoms with E-state index >= 15 is 0 Å². The average Bonchev–Trinajstić information content (AvgIpc) is 2.62. The molecule has 0 bridgehead atoms. The molecule has 76 valence electrons. The van der Waals surface area contributed by atoms with Crippen molar-refractivity contribution >= 4 is 12.6 Å². The molecule has 0 spiro atoms. The third-order valence-corrected chi connectivity index (χ3v) is 3.53. The van der Waals surface area contributed by atoms with Crippen molar-refractivity contribution in [3.05, 3.63) is 12.2 Å². The Labute approximate surface area is 87.0 Å². The molecule has 0 atom stereocenters. The summed E-state index contributed by atoms with van der Waals surface area (Å²) in [7, 11) is 0. The molecule has 0 radical (unpaired) electrons. The van der Waals surface area contributed by atoms with Gasteiger partial charge in [0.1, 0.15) is 0 Å². The van der Waals surface area contributed by atoms with Crippen molar-refractivity contribution in [1.29, 1.82) is 0 Å². The molecule has 1 nitrogen and oxygen atoms in total. The van der Waals surface area contributed by atoms with Gasteiger partial charge in [-0.05, 0) is 25.5 Å². The first-order valence-corrected chi connectivity index (χ1v) is 5.76. The van der Waals surface area contributed by atoms with E-state index in [-0.39, 0.29) is 0 Å².